The van der Waals surface area contributed by atoms with Gasteiger partial charge in [0.15, 0.2) is 6.61 Å². The fourth-order valence-corrected chi connectivity index (χ4v) is 0.996. The molecular weight excluding hydrogens is 194 g/mol. The first-order valence-electron chi connectivity index (χ1n) is 4.41. The summed E-state index contributed by atoms with van der Waals surface area (Å²) in [5.41, 5.74) is 0.919. The Labute approximate surface area is 88.0 Å². The maximum absolute atomic E-state index is 10.8. The van der Waals surface area contributed by atoms with Crippen molar-refractivity contribution in [2.24, 2.45) is 0 Å². The maximum Gasteiger partial charge on any atom is 0.343 e. The fourth-order valence-electron chi connectivity index (χ4n) is 0.996. The Morgan fingerprint density at radius 2 is 2.07 bits per heavy atom. The number of nitriles is 1. The third kappa shape index (κ3) is 3.69. The van der Waals surface area contributed by atoms with E-state index in [0.29, 0.717) is 12.2 Å². The van der Waals surface area contributed by atoms with Crippen LogP contribution in [-0.4, -0.2) is 19.7 Å². The van der Waals surface area contributed by atoms with E-state index in [4.69, 9.17) is 10.00 Å². The molecule has 0 saturated carbocycles. The molecular formula is C11H11NO3. The molecule has 0 aromatic heterocycles. The molecule has 0 spiro atoms. The van der Waals surface area contributed by atoms with Crippen molar-refractivity contribution in [1.82, 2.24) is 0 Å². The van der Waals surface area contributed by atoms with E-state index in [0.717, 1.165) is 5.56 Å². The second-order valence-electron chi connectivity index (χ2n) is 2.84. The van der Waals surface area contributed by atoms with Crippen molar-refractivity contribution in [1.29, 1.82) is 5.26 Å². The van der Waals surface area contributed by atoms with Crippen LogP contribution < -0.4 is 4.74 Å². The summed E-state index contributed by atoms with van der Waals surface area (Å²) in [5.74, 6) is 0.165. The smallest absolute Gasteiger partial charge is 0.343 e. The minimum atomic E-state index is -0.420. The monoisotopic (exact) mass is 205 g/mol. The number of hydrogen-bond acceptors (Lipinski definition) is 4. The van der Waals surface area contributed by atoms with Crippen LogP contribution in [-0.2, 0) is 16.0 Å². The van der Waals surface area contributed by atoms with Gasteiger partial charge in [-0.05, 0) is 17.7 Å². The van der Waals surface area contributed by atoms with Crippen LogP contribution in [0.2, 0.25) is 0 Å². The van der Waals surface area contributed by atoms with Gasteiger partial charge in [0.05, 0.1) is 19.6 Å². The first kappa shape index (κ1) is 11.1. The van der Waals surface area contributed by atoms with Crippen LogP contribution in [0.1, 0.15) is 5.56 Å². The molecule has 0 aliphatic heterocycles. The number of ether oxygens (including phenoxy) is 2. The van der Waals surface area contributed by atoms with Crippen LogP contribution in [0.3, 0.4) is 0 Å². The van der Waals surface area contributed by atoms with Crippen molar-refractivity contribution in [3.63, 3.8) is 0 Å². The van der Waals surface area contributed by atoms with Gasteiger partial charge in [0.1, 0.15) is 5.75 Å². The molecule has 0 unspecified atom stereocenters. The molecule has 0 saturated heterocycles. The number of carbonyl (C=O) groups excluding carboxylic acids is 1. The summed E-state index contributed by atoms with van der Waals surface area (Å²) in [5, 5.41) is 8.45. The average molecular weight is 205 g/mol. The summed E-state index contributed by atoms with van der Waals surface area (Å²) in [6, 6.07) is 9.06. The molecule has 0 bridgehead atoms. The summed E-state index contributed by atoms with van der Waals surface area (Å²) in [4.78, 5) is 10.8. The predicted octanol–water partition coefficient (Wildman–Crippen LogP) is 1.30. The van der Waals surface area contributed by atoms with Crippen LogP contribution in [0.4, 0.5) is 0 Å². The zero-order chi connectivity index (χ0) is 11.1. The quantitative estimate of drug-likeness (QED) is 0.695. The topological polar surface area (TPSA) is 59.3 Å². The molecule has 78 valence electrons. The SMILES string of the molecule is COC(=O)COc1ccc(CC#N)cc1. The van der Waals surface area contributed by atoms with Crippen LogP contribution in [0.15, 0.2) is 24.3 Å². The molecule has 0 aliphatic carbocycles. The Hall–Kier alpha value is -2.02. The van der Waals surface area contributed by atoms with Gasteiger partial charge in [0, 0.05) is 0 Å². The van der Waals surface area contributed by atoms with E-state index in [1.165, 1.54) is 7.11 Å². The molecule has 0 radical (unpaired) electrons. The van der Waals surface area contributed by atoms with E-state index in [2.05, 4.69) is 4.74 Å². The molecule has 0 amide bonds. The number of rotatable bonds is 4. The zero-order valence-electron chi connectivity index (χ0n) is 8.40. The Morgan fingerprint density at radius 3 is 2.60 bits per heavy atom. The predicted molar refractivity (Wildman–Crippen MR) is 53.3 cm³/mol. The Balaban J connectivity index is 2.50. The van der Waals surface area contributed by atoms with Gasteiger partial charge >= 0.3 is 5.97 Å². The molecule has 15 heavy (non-hydrogen) atoms. The zero-order valence-corrected chi connectivity index (χ0v) is 8.40. The van der Waals surface area contributed by atoms with E-state index >= 15 is 0 Å². The molecule has 0 N–H and O–H groups in total. The largest absolute Gasteiger partial charge is 0.482 e. The highest BCUT2D eigenvalue weighted by atomic mass is 16.6. The standard InChI is InChI=1S/C11H11NO3/c1-14-11(13)8-15-10-4-2-9(3-5-10)6-7-12/h2-5H,6,8H2,1H3. The molecule has 0 aliphatic rings. The number of carbonyl (C=O) groups is 1. The minimum absolute atomic E-state index is 0.103. The van der Waals surface area contributed by atoms with Crippen LogP contribution in [0, 0.1) is 11.3 Å². The van der Waals surface area contributed by atoms with Crippen LogP contribution in [0.5, 0.6) is 5.75 Å². The third-order valence-corrected chi connectivity index (χ3v) is 1.79. The van der Waals surface area contributed by atoms with E-state index in [1.54, 1.807) is 24.3 Å². The molecule has 1 aromatic carbocycles. The van der Waals surface area contributed by atoms with E-state index in [-0.39, 0.29) is 6.61 Å². The first-order valence-corrected chi connectivity index (χ1v) is 4.41. The van der Waals surface area contributed by atoms with Gasteiger partial charge in [-0.2, -0.15) is 5.26 Å². The van der Waals surface area contributed by atoms with Gasteiger partial charge in [0.2, 0.25) is 0 Å². The summed E-state index contributed by atoms with van der Waals surface area (Å²) in [6.45, 7) is -0.103. The fraction of sp³-hybridized carbons (Fsp3) is 0.273. The Bertz CT molecular complexity index is 364. The van der Waals surface area contributed by atoms with Gasteiger partial charge in [-0.1, -0.05) is 12.1 Å². The van der Waals surface area contributed by atoms with Crippen molar-refractivity contribution in [3.05, 3.63) is 29.8 Å². The molecule has 4 heteroatoms. The number of hydrogen-bond donors (Lipinski definition) is 0. The van der Waals surface area contributed by atoms with E-state index in [9.17, 15) is 4.79 Å². The van der Waals surface area contributed by atoms with Crippen molar-refractivity contribution < 1.29 is 14.3 Å². The highest BCUT2D eigenvalue weighted by Crippen LogP contribution is 2.12. The second kappa shape index (κ2) is 5.66. The molecule has 1 rings (SSSR count). The van der Waals surface area contributed by atoms with E-state index < -0.39 is 5.97 Å². The number of methoxy groups -OCH3 is 1. The summed E-state index contributed by atoms with van der Waals surface area (Å²) >= 11 is 0. The molecule has 0 heterocycles. The summed E-state index contributed by atoms with van der Waals surface area (Å²) < 4.78 is 9.56. The highest BCUT2D eigenvalue weighted by Gasteiger charge is 2.01. The average Bonchev–Trinajstić information content (AvgIpc) is 2.28. The number of nitrogens with zero attached hydrogens (tertiary/aromatic N) is 1. The second-order valence-corrected chi connectivity index (χ2v) is 2.84. The maximum atomic E-state index is 10.8. The van der Waals surface area contributed by atoms with Crippen molar-refractivity contribution in [3.8, 4) is 11.8 Å². The third-order valence-electron chi connectivity index (χ3n) is 1.79. The van der Waals surface area contributed by atoms with Crippen LogP contribution in [0.25, 0.3) is 0 Å². The molecule has 4 nitrogen and oxygen atoms in total. The molecule has 0 atom stereocenters. The highest BCUT2D eigenvalue weighted by molar-refractivity contribution is 5.70. The lowest BCUT2D eigenvalue weighted by atomic mass is 10.2. The normalized spacial score (nSPS) is 9.07. The minimum Gasteiger partial charge on any atom is -0.482 e. The number of benzene rings is 1. The van der Waals surface area contributed by atoms with Crippen molar-refractivity contribution in [2.75, 3.05) is 13.7 Å². The summed E-state index contributed by atoms with van der Waals surface area (Å²) in [7, 11) is 1.31. The Morgan fingerprint density at radius 1 is 1.40 bits per heavy atom. The summed E-state index contributed by atoms with van der Waals surface area (Å²) in [6.07, 6.45) is 0.372. The Kier molecular flexibility index (Phi) is 4.17. The molecule has 1 aromatic rings. The van der Waals surface area contributed by atoms with Gasteiger partial charge in [-0.3, -0.25) is 0 Å². The lowest BCUT2D eigenvalue weighted by Crippen LogP contribution is -2.12. The lowest BCUT2D eigenvalue weighted by molar-refractivity contribution is -0.142. The van der Waals surface area contributed by atoms with Gasteiger partial charge < -0.3 is 9.47 Å². The number of esters is 1. The van der Waals surface area contributed by atoms with E-state index in [1.807, 2.05) is 6.07 Å². The van der Waals surface area contributed by atoms with Gasteiger partial charge in [0.25, 0.3) is 0 Å². The van der Waals surface area contributed by atoms with Crippen molar-refractivity contribution in [2.45, 2.75) is 6.42 Å². The van der Waals surface area contributed by atoms with Gasteiger partial charge in [-0.15, -0.1) is 0 Å². The lowest BCUT2D eigenvalue weighted by Gasteiger charge is -2.04. The molecule has 0 fully saturated rings. The van der Waals surface area contributed by atoms with Gasteiger partial charge in [-0.25, -0.2) is 4.79 Å². The van der Waals surface area contributed by atoms with Crippen molar-refractivity contribution >= 4 is 5.97 Å². The van der Waals surface area contributed by atoms with Crippen LogP contribution >= 0.6 is 0 Å². The first-order chi connectivity index (χ1) is 7.26.